The molecule has 0 aromatic heterocycles. The highest BCUT2D eigenvalue weighted by molar-refractivity contribution is 5.90. The Balaban J connectivity index is 1.81. The van der Waals surface area contributed by atoms with Crippen LogP contribution in [0.15, 0.2) is 30.3 Å². The van der Waals surface area contributed by atoms with E-state index in [4.69, 9.17) is 9.47 Å². The lowest BCUT2D eigenvalue weighted by molar-refractivity contribution is -0.160. The number of carboxylic acids is 1. The summed E-state index contributed by atoms with van der Waals surface area (Å²) < 4.78 is 10.8. The number of hydrogen-bond acceptors (Lipinski definition) is 5. The molecule has 2 heterocycles. The van der Waals surface area contributed by atoms with Gasteiger partial charge in [0.25, 0.3) is 0 Å². The summed E-state index contributed by atoms with van der Waals surface area (Å²) in [6, 6.07) is 8.13. The number of benzene rings is 1. The number of aliphatic carboxylic acids is 1. The first-order chi connectivity index (χ1) is 14.2. The van der Waals surface area contributed by atoms with Crippen LogP contribution in [0.5, 0.6) is 0 Å². The molecule has 0 saturated carbocycles. The summed E-state index contributed by atoms with van der Waals surface area (Å²) >= 11 is 0. The van der Waals surface area contributed by atoms with Crippen molar-refractivity contribution in [1.29, 1.82) is 0 Å². The number of carbonyl (C=O) groups is 3. The lowest BCUT2D eigenvalue weighted by atomic mass is 9.96. The third-order valence-corrected chi connectivity index (χ3v) is 5.36. The molecule has 3 atom stereocenters. The standard InChI is InChI=1S/C22H30N2O6/c1-22(2,3)30-21(28)24-13-16(11-15-7-5-4-6-8-15)12-17(24)19(25)23-9-10-29-14-18(23)20(26)27/h4-8,16-18H,9-14H2,1-3H3,(H,26,27)/t16-,17+,18-/m0/s1. The maximum absolute atomic E-state index is 13.4. The molecule has 164 valence electrons. The molecule has 8 heteroatoms. The van der Waals surface area contributed by atoms with Crippen LogP contribution in [-0.2, 0) is 25.5 Å². The van der Waals surface area contributed by atoms with Crippen molar-refractivity contribution in [3.8, 4) is 0 Å². The Morgan fingerprint density at radius 1 is 1.13 bits per heavy atom. The van der Waals surface area contributed by atoms with E-state index in [2.05, 4.69) is 0 Å². The second-order valence-electron chi connectivity index (χ2n) is 8.90. The average molecular weight is 418 g/mol. The van der Waals surface area contributed by atoms with Gasteiger partial charge in [0.1, 0.15) is 11.6 Å². The van der Waals surface area contributed by atoms with Crippen LogP contribution in [0.4, 0.5) is 4.79 Å². The molecule has 0 aliphatic carbocycles. The van der Waals surface area contributed by atoms with Gasteiger partial charge in [0.05, 0.1) is 13.2 Å². The van der Waals surface area contributed by atoms with Crippen LogP contribution >= 0.6 is 0 Å². The molecule has 3 rings (SSSR count). The quantitative estimate of drug-likeness (QED) is 0.805. The minimum atomic E-state index is -1.11. The molecule has 0 unspecified atom stereocenters. The van der Waals surface area contributed by atoms with Crippen molar-refractivity contribution in [2.24, 2.45) is 5.92 Å². The first kappa shape index (κ1) is 22.1. The summed E-state index contributed by atoms with van der Waals surface area (Å²) in [6.45, 7) is 6.15. The highest BCUT2D eigenvalue weighted by Gasteiger charge is 2.45. The van der Waals surface area contributed by atoms with Crippen molar-refractivity contribution >= 4 is 18.0 Å². The molecule has 2 saturated heterocycles. The molecule has 1 N–H and O–H groups in total. The Kier molecular flexibility index (Phi) is 6.65. The number of amides is 2. The zero-order chi connectivity index (χ0) is 21.9. The Bertz CT molecular complexity index is 776. The van der Waals surface area contributed by atoms with E-state index in [0.29, 0.717) is 13.0 Å². The topological polar surface area (TPSA) is 96.4 Å². The van der Waals surface area contributed by atoms with Gasteiger partial charge in [-0.3, -0.25) is 9.69 Å². The predicted molar refractivity (Wildman–Crippen MR) is 109 cm³/mol. The Morgan fingerprint density at radius 3 is 2.47 bits per heavy atom. The first-order valence-corrected chi connectivity index (χ1v) is 10.3. The fraction of sp³-hybridized carbons (Fsp3) is 0.591. The van der Waals surface area contributed by atoms with Crippen LogP contribution in [-0.4, -0.2) is 76.9 Å². The zero-order valence-electron chi connectivity index (χ0n) is 17.7. The fourth-order valence-electron chi connectivity index (χ4n) is 4.04. The van der Waals surface area contributed by atoms with Gasteiger partial charge in [0, 0.05) is 13.1 Å². The monoisotopic (exact) mass is 418 g/mol. The van der Waals surface area contributed by atoms with Crippen molar-refractivity contribution in [3.05, 3.63) is 35.9 Å². The number of likely N-dealkylation sites (tertiary alicyclic amines) is 1. The normalized spacial score (nSPS) is 24.6. The van der Waals surface area contributed by atoms with E-state index in [9.17, 15) is 19.5 Å². The highest BCUT2D eigenvalue weighted by atomic mass is 16.6. The van der Waals surface area contributed by atoms with E-state index in [0.717, 1.165) is 12.0 Å². The summed E-state index contributed by atoms with van der Waals surface area (Å²) in [5, 5.41) is 9.50. The molecule has 8 nitrogen and oxygen atoms in total. The van der Waals surface area contributed by atoms with Gasteiger partial charge >= 0.3 is 12.1 Å². The maximum Gasteiger partial charge on any atom is 0.410 e. The lowest BCUT2D eigenvalue weighted by Crippen LogP contribution is -2.58. The number of morpholine rings is 1. The van der Waals surface area contributed by atoms with Gasteiger partial charge in [-0.2, -0.15) is 0 Å². The Morgan fingerprint density at radius 2 is 1.83 bits per heavy atom. The van der Waals surface area contributed by atoms with Crippen molar-refractivity contribution in [1.82, 2.24) is 9.80 Å². The molecule has 1 aromatic rings. The third-order valence-electron chi connectivity index (χ3n) is 5.36. The van der Waals surface area contributed by atoms with Gasteiger partial charge in [0.15, 0.2) is 6.04 Å². The zero-order valence-corrected chi connectivity index (χ0v) is 17.7. The van der Waals surface area contributed by atoms with Gasteiger partial charge in [-0.05, 0) is 45.1 Å². The van der Waals surface area contributed by atoms with Gasteiger partial charge in [-0.15, -0.1) is 0 Å². The Labute approximate surface area is 176 Å². The van der Waals surface area contributed by atoms with E-state index >= 15 is 0 Å². The molecule has 0 radical (unpaired) electrons. The molecule has 0 bridgehead atoms. The number of rotatable bonds is 4. The summed E-state index contributed by atoms with van der Waals surface area (Å²) in [7, 11) is 0. The summed E-state index contributed by atoms with van der Waals surface area (Å²) in [5.74, 6) is -1.38. The third kappa shape index (κ3) is 5.30. The first-order valence-electron chi connectivity index (χ1n) is 10.3. The van der Waals surface area contributed by atoms with Crippen LogP contribution in [0.25, 0.3) is 0 Å². The molecular weight excluding hydrogens is 388 g/mol. The molecule has 1 aromatic carbocycles. The Hall–Kier alpha value is -2.61. The van der Waals surface area contributed by atoms with E-state index < -0.39 is 29.7 Å². The average Bonchev–Trinajstić information content (AvgIpc) is 3.11. The largest absolute Gasteiger partial charge is 0.480 e. The molecule has 2 amide bonds. The smallest absolute Gasteiger partial charge is 0.410 e. The van der Waals surface area contributed by atoms with E-state index in [1.165, 1.54) is 9.80 Å². The van der Waals surface area contributed by atoms with E-state index in [1.807, 2.05) is 30.3 Å². The SMILES string of the molecule is CC(C)(C)OC(=O)N1C[C@@H](Cc2ccccc2)C[C@@H]1C(=O)N1CCOC[C@H]1C(=O)O. The van der Waals surface area contributed by atoms with Crippen molar-refractivity contribution in [3.63, 3.8) is 0 Å². The minimum absolute atomic E-state index is 0.0479. The minimum Gasteiger partial charge on any atom is -0.480 e. The number of ether oxygens (including phenoxy) is 2. The lowest BCUT2D eigenvalue weighted by Gasteiger charge is -2.36. The van der Waals surface area contributed by atoms with Gasteiger partial charge in [-0.25, -0.2) is 9.59 Å². The van der Waals surface area contributed by atoms with Crippen molar-refractivity contribution < 1.29 is 29.0 Å². The maximum atomic E-state index is 13.4. The number of carbonyl (C=O) groups excluding carboxylic acids is 2. The van der Waals surface area contributed by atoms with Crippen molar-refractivity contribution in [2.45, 2.75) is 51.3 Å². The highest BCUT2D eigenvalue weighted by Crippen LogP contribution is 2.30. The van der Waals surface area contributed by atoms with E-state index in [1.54, 1.807) is 20.8 Å². The predicted octanol–water partition coefficient (Wildman–Crippen LogP) is 2.17. The molecule has 30 heavy (non-hydrogen) atoms. The van der Waals surface area contributed by atoms with Crippen LogP contribution in [0.2, 0.25) is 0 Å². The summed E-state index contributed by atoms with van der Waals surface area (Å²) in [5.41, 5.74) is 0.444. The molecule has 0 spiro atoms. The molecular formula is C22H30N2O6. The molecule has 2 fully saturated rings. The van der Waals surface area contributed by atoms with Crippen LogP contribution < -0.4 is 0 Å². The van der Waals surface area contributed by atoms with E-state index in [-0.39, 0.29) is 31.6 Å². The molecule has 2 aliphatic heterocycles. The van der Waals surface area contributed by atoms with Gasteiger partial charge in [0.2, 0.25) is 5.91 Å². The van der Waals surface area contributed by atoms with Crippen LogP contribution in [0.3, 0.4) is 0 Å². The van der Waals surface area contributed by atoms with Crippen LogP contribution in [0.1, 0.15) is 32.8 Å². The number of nitrogens with zero attached hydrogens (tertiary/aromatic N) is 2. The fourth-order valence-corrected chi connectivity index (χ4v) is 4.04. The van der Waals surface area contributed by atoms with Crippen molar-refractivity contribution in [2.75, 3.05) is 26.3 Å². The molecule has 2 aliphatic rings. The summed E-state index contributed by atoms with van der Waals surface area (Å²) in [4.78, 5) is 40.6. The number of carboxylic acid groups (broad SMARTS) is 1. The second kappa shape index (κ2) is 9.04. The summed E-state index contributed by atoms with van der Waals surface area (Å²) in [6.07, 6.45) is 0.656. The van der Waals surface area contributed by atoms with Gasteiger partial charge < -0.3 is 19.5 Å². The van der Waals surface area contributed by atoms with Gasteiger partial charge in [-0.1, -0.05) is 30.3 Å². The number of hydrogen-bond donors (Lipinski definition) is 1. The second-order valence-corrected chi connectivity index (χ2v) is 8.90. The van der Waals surface area contributed by atoms with Crippen LogP contribution in [0, 0.1) is 5.92 Å².